The van der Waals surface area contributed by atoms with Crippen LogP contribution in [0.1, 0.15) is 55.3 Å². The van der Waals surface area contributed by atoms with E-state index in [0.29, 0.717) is 23.2 Å². The second-order valence-electron chi connectivity index (χ2n) is 9.72. The first-order chi connectivity index (χ1) is 16.6. The van der Waals surface area contributed by atoms with Crippen LogP contribution in [-0.4, -0.2) is 71.9 Å². The third kappa shape index (κ3) is 5.56. The number of hydrogen-bond acceptors (Lipinski definition) is 6. The number of thioether (sulfide) groups is 1. The van der Waals surface area contributed by atoms with Crippen LogP contribution in [0.5, 0.6) is 0 Å². The smallest absolute Gasteiger partial charge is 0.252 e. The Bertz CT molecular complexity index is 1030. The number of hydrogen-bond donors (Lipinski definition) is 2. The van der Waals surface area contributed by atoms with E-state index in [1.54, 1.807) is 0 Å². The molecule has 2 amide bonds. The second-order valence-corrected chi connectivity index (χ2v) is 10.7. The number of nitrogens with one attached hydrogen (secondary N) is 2. The van der Waals surface area contributed by atoms with E-state index in [2.05, 4.69) is 15.5 Å². The highest BCUT2D eigenvalue weighted by Gasteiger charge is 2.38. The lowest BCUT2D eigenvalue weighted by Crippen LogP contribution is -2.59. The van der Waals surface area contributed by atoms with E-state index >= 15 is 0 Å². The summed E-state index contributed by atoms with van der Waals surface area (Å²) in [6.45, 7) is 4.12. The lowest BCUT2D eigenvalue weighted by atomic mass is 9.79. The molecule has 3 aliphatic rings. The zero-order valence-electron chi connectivity index (χ0n) is 19.7. The summed E-state index contributed by atoms with van der Waals surface area (Å²) >= 11 is 1.39. The molecule has 5 rings (SSSR count). The number of para-hydroxylation sites is 1. The number of pyridine rings is 1. The summed E-state index contributed by atoms with van der Waals surface area (Å²) in [5.74, 6) is 0.244. The topological polar surface area (TPSA) is 83.6 Å². The van der Waals surface area contributed by atoms with E-state index in [-0.39, 0.29) is 23.1 Å². The molecule has 3 fully saturated rings. The predicted octanol–water partition coefficient (Wildman–Crippen LogP) is 3.37. The van der Waals surface area contributed by atoms with E-state index in [1.807, 2.05) is 30.3 Å². The zero-order chi connectivity index (χ0) is 23.4. The van der Waals surface area contributed by atoms with Crippen LogP contribution in [0.15, 0.2) is 35.4 Å². The molecule has 0 bridgehead atoms. The average molecular weight is 483 g/mol. The largest absolute Gasteiger partial charge is 0.379 e. The van der Waals surface area contributed by atoms with Gasteiger partial charge in [-0.1, -0.05) is 49.2 Å². The number of nitrogens with zero attached hydrogens (tertiary/aromatic N) is 2. The minimum absolute atomic E-state index is 0.0159. The van der Waals surface area contributed by atoms with Crippen LogP contribution in [0.3, 0.4) is 0 Å². The van der Waals surface area contributed by atoms with Gasteiger partial charge in [-0.25, -0.2) is 4.98 Å². The van der Waals surface area contributed by atoms with Crippen molar-refractivity contribution in [1.29, 1.82) is 0 Å². The quantitative estimate of drug-likeness (QED) is 0.562. The van der Waals surface area contributed by atoms with Gasteiger partial charge >= 0.3 is 0 Å². The zero-order valence-corrected chi connectivity index (χ0v) is 20.5. The van der Waals surface area contributed by atoms with Crippen molar-refractivity contribution in [2.45, 2.75) is 61.6 Å². The monoisotopic (exact) mass is 482 g/mol. The van der Waals surface area contributed by atoms with Crippen LogP contribution in [0, 0.1) is 0 Å². The molecule has 1 saturated heterocycles. The highest BCUT2D eigenvalue weighted by molar-refractivity contribution is 7.99. The van der Waals surface area contributed by atoms with Crippen LogP contribution < -0.4 is 10.6 Å². The molecule has 1 aliphatic heterocycles. The summed E-state index contributed by atoms with van der Waals surface area (Å²) in [6.07, 6.45) is 8.06. The van der Waals surface area contributed by atoms with Gasteiger partial charge in [0.25, 0.3) is 5.91 Å². The van der Waals surface area contributed by atoms with Crippen LogP contribution >= 0.6 is 11.8 Å². The Morgan fingerprint density at radius 1 is 1.12 bits per heavy atom. The summed E-state index contributed by atoms with van der Waals surface area (Å²) in [5, 5.41) is 7.85. The predicted molar refractivity (Wildman–Crippen MR) is 134 cm³/mol. The normalized spacial score (nSPS) is 20.7. The number of fused-ring (bicyclic) bond motifs is 1. The molecular formula is C26H34N4O3S. The maximum absolute atomic E-state index is 12.8. The number of carbonyl (C=O) groups is 2. The van der Waals surface area contributed by atoms with Crippen molar-refractivity contribution in [3.05, 3.63) is 35.9 Å². The average Bonchev–Trinajstić information content (AvgIpc) is 3.71. The molecule has 0 radical (unpaired) electrons. The molecule has 2 N–H and O–H groups in total. The van der Waals surface area contributed by atoms with Crippen LogP contribution in [0.25, 0.3) is 10.9 Å². The number of benzene rings is 1. The fraction of sp³-hybridized carbons (Fsp3) is 0.577. The van der Waals surface area contributed by atoms with Gasteiger partial charge in [-0.3, -0.25) is 14.5 Å². The molecule has 0 atom stereocenters. The van der Waals surface area contributed by atoms with Crippen molar-refractivity contribution in [3.8, 4) is 0 Å². The minimum Gasteiger partial charge on any atom is -0.379 e. The van der Waals surface area contributed by atoms with E-state index in [4.69, 9.17) is 9.72 Å². The third-order valence-corrected chi connectivity index (χ3v) is 8.19. The first kappa shape index (κ1) is 23.6. The van der Waals surface area contributed by atoms with Gasteiger partial charge in [0, 0.05) is 36.6 Å². The molecular weight excluding hydrogens is 448 g/mol. The Balaban J connectivity index is 1.23. The first-order valence-corrected chi connectivity index (χ1v) is 13.5. The van der Waals surface area contributed by atoms with Gasteiger partial charge < -0.3 is 15.4 Å². The van der Waals surface area contributed by atoms with Crippen molar-refractivity contribution in [2.24, 2.45) is 0 Å². The van der Waals surface area contributed by atoms with Gasteiger partial charge in [-0.2, -0.15) is 0 Å². The summed E-state index contributed by atoms with van der Waals surface area (Å²) in [6, 6.07) is 9.82. The second kappa shape index (κ2) is 10.6. The Hall–Kier alpha value is -2.16. The summed E-state index contributed by atoms with van der Waals surface area (Å²) in [4.78, 5) is 32.9. The van der Waals surface area contributed by atoms with Crippen molar-refractivity contribution >= 4 is 34.5 Å². The minimum atomic E-state index is -0.0582. The third-order valence-electron chi connectivity index (χ3n) is 7.28. The SMILES string of the molecule is O=C(CSc1cc(C(=O)NC2CC2)c2ccccc2n1)NCC1(N2CCOCC2)CCCCC1. The van der Waals surface area contributed by atoms with Gasteiger partial charge in [0.15, 0.2) is 0 Å². The Morgan fingerprint density at radius 3 is 2.65 bits per heavy atom. The Labute approximate surface area is 205 Å². The van der Waals surface area contributed by atoms with E-state index < -0.39 is 0 Å². The number of amides is 2. The van der Waals surface area contributed by atoms with Gasteiger partial charge in [0.1, 0.15) is 0 Å². The van der Waals surface area contributed by atoms with Crippen molar-refractivity contribution in [2.75, 3.05) is 38.6 Å². The Kier molecular flexibility index (Phi) is 7.37. The molecule has 2 heterocycles. The number of rotatable bonds is 8. The van der Waals surface area contributed by atoms with Gasteiger partial charge in [0.2, 0.25) is 5.91 Å². The maximum Gasteiger partial charge on any atom is 0.252 e. The number of carbonyl (C=O) groups excluding carboxylic acids is 2. The van der Waals surface area contributed by atoms with Gasteiger partial charge in [0.05, 0.1) is 35.1 Å². The molecule has 0 unspecified atom stereocenters. The molecule has 1 aromatic heterocycles. The van der Waals surface area contributed by atoms with E-state index in [0.717, 1.165) is 62.9 Å². The van der Waals surface area contributed by atoms with Crippen molar-refractivity contribution < 1.29 is 14.3 Å². The maximum atomic E-state index is 12.8. The highest BCUT2D eigenvalue weighted by Crippen LogP contribution is 2.34. The molecule has 2 aromatic rings. The van der Waals surface area contributed by atoms with Crippen LogP contribution in [0.4, 0.5) is 0 Å². The standard InChI is InChI=1S/C26H34N4O3S/c31-23(27-18-26(10-4-1-5-11-26)30-12-14-33-15-13-30)17-34-24-16-21(25(32)28-19-8-9-19)20-6-2-3-7-22(20)29-24/h2-3,6-7,16,19H,1,4-5,8-15,17-18H2,(H,27,31)(H,28,32). The van der Waals surface area contributed by atoms with E-state index in [9.17, 15) is 9.59 Å². The fourth-order valence-electron chi connectivity index (χ4n) is 5.21. The number of aromatic nitrogens is 1. The lowest BCUT2D eigenvalue weighted by Gasteiger charge is -2.48. The molecule has 2 aliphatic carbocycles. The summed E-state index contributed by atoms with van der Waals surface area (Å²) in [5.41, 5.74) is 1.47. The summed E-state index contributed by atoms with van der Waals surface area (Å²) < 4.78 is 5.56. The van der Waals surface area contributed by atoms with Crippen LogP contribution in [-0.2, 0) is 9.53 Å². The highest BCUT2D eigenvalue weighted by atomic mass is 32.2. The molecule has 0 spiro atoms. The van der Waals surface area contributed by atoms with Gasteiger partial charge in [-0.05, 0) is 37.8 Å². The number of morpholine rings is 1. The fourth-order valence-corrected chi connectivity index (χ4v) is 5.95. The van der Waals surface area contributed by atoms with Crippen LogP contribution in [0.2, 0.25) is 0 Å². The van der Waals surface area contributed by atoms with E-state index in [1.165, 1.54) is 31.0 Å². The molecule has 7 nitrogen and oxygen atoms in total. The first-order valence-electron chi connectivity index (χ1n) is 12.6. The molecule has 8 heteroatoms. The van der Waals surface area contributed by atoms with Crippen molar-refractivity contribution in [3.63, 3.8) is 0 Å². The molecule has 182 valence electrons. The molecule has 34 heavy (non-hydrogen) atoms. The summed E-state index contributed by atoms with van der Waals surface area (Å²) in [7, 11) is 0. The molecule has 1 aromatic carbocycles. The molecule has 2 saturated carbocycles. The van der Waals surface area contributed by atoms with Crippen molar-refractivity contribution in [1.82, 2.24) is 20.5 Å². The lowest BCUT2D eigenvalue weighted by molar-refractivity contribution is -0.119. The number of ether oxygens (including phenoxy) is 1. The van der Waals surface area contributed by atoms with Gasteiger partial charge in [-0.15, -0.1) is 0 Å². The Morgan fingerprint density at radius 2 is 1.88 bits per heavy atom.